The molecule has 0 bridgehead atoms. The van der Waals surface area contributed by atoms with Crippen LogP contribution in [0.1, 0.15) is 0 Å². The van der Waals surface area contributed by atoms with Crippen LogP contribution in [0, 0.1) is 5.82 Å². The molecule has 0 aliphatic rings. The van der Waals surface area contributed by atoms with Crippen molar-refractivity contribution in [1.82, 2.24) is 0 Å². The summed E-state index contributed by atoms with van der Waals surface area (Å²) in [6.07, 6.45) is 0. The Morgan fingerprint density at radius 3 is 2.14 bits per heavy atom. The summed E-state index contributed by atoms with van der Waals surface area (Å²) in [4.78, 5) is 14.1. The van der Waals surface area contributed by atoms with Crippen molar-refractivity contribution in [1.29, 1.82) is 0 Å². The Morgan fingerprint density at radius 2 is 1.48 bits per heavy atom. The minimum Gasteiger partial charge on any atom is -0.365 e. The zero-order valence-corrected chi connectivity index (χ0v) is 16.5. The van der Waals surface area contributed by atoms with Crippen LogP contribution < -0.4 is 14.9 Å². The Bertz CT molecular complexity index is 1090. The van der Waals surface area contributed by atoms with Gasteiger partial charge >= 0.3 is 0 Å². The summed E-state index contributed by atoms with van der Waals surface area (Å²) in [6.45, 7) is 0.0864. The molecule has 0 saturated carbocycles. The molecule has 0 aromatic heterocycles. The van der Waals surface area contributed by atoms with Crippen LogP contribution in [-0.4, -0.2) is 27.9 Å². The molecule has 0 radical (unpaired) electrons. The number of para-hydroxylation sites is 3. The fourth-order valence-corrected chi connectivity index (χ4v) is 3.76. The second kappa shape index (κ2) is 8.74. The number of rotatable bonds is 7. The Hall–Kier alpha value is -3.39. The van der Waals surface area contributed by atoms with Gasteiger partial charge in [-0.15, -0.1) is 0 Å². The molecule has 6 nitrogen and oxygen atoms in total. The number of hydrogen-bond acceptors (Lipinski definition) is 4. The number of sulfonamides is 1. The number of nitrogens with one attached hydrogen (secondary N) is 2. The maximum absolute atomic E-state index is 13.1. The standard InChI is InChI=1S/C21H20FN3O3S/c1-25(17-7-3-2-4-8-17)15-21(26)23-19-9-5-6-10-20(19)24-29(27,28)18-13-11-16(22)12-14-18/h2-14,24H,15H2,1H3,(H,23,26). The molecule has 150 valence electrons. The molecule has 3 aromatic rings. The van der Waals surface area contributed by atoms with Gasteiger partial charge < -0.3 is 10.2 Å². The second-order valence-electron chi connectivity index (χ2n) is 6.34. The number of likely N-dealkylation sites (N-methyl/N-ethyl adjacent to an activating group) is 1. The van der Waals surface area contributed by atoms with E-state index in [1.54, 1.807) is 30.1 Å². The van der Waals surface area contributed by atoms with E-state index in [9.17, 15) is 17.6 Å². The number of nitrogens with zero attached hydrogens (tertiary/aromatic N) is 1. The van der Waals surface area contributed by atoms with Gasteiger partial charge in [-0.05, 0) is 48.5 Å². The third-order valence-corrected chi connectivity index (χ3v) is 5.53. The average molecular weight is 413 g/mol. The van der Waals surface area contributed by atoms with Gasteiger partial charge in [0.2, 0.25) is 5.91 Å². The first-order valence-corrected chi connectivity index (χ1v) is 10.3. The number of benzene rings is 3. The van der Waals surface area contributed by atoms with Gasteiger partial charge in [0, 0.05) is 12.7 Å². The maximum Gasteiger partial charge on any atom is 0.261 e. The molecular weight excluding hydrogens is 393 g/mol. The molecule has 0 heterocycles. The van der Waals surface area contributed by atoms with Gasteiger partial charge in [0.15, 0.2) is 0 Å². The molecule has 0 unspecified atom stereocenters. The lowest BCUT2D eigenvalue weighted by molar-refractivity contribution is -0.114. The van der Waals surface area contributed by atoms with Crippen LogP contribution in [0.15, 0.2) is 83.8 Å². The van der Waals surface area contributed by atoms with Crippen molar-refractivity contribution in [3.8, 4) is 0 Å². The van der Waals surface area contributed by atoms with E-state index in [1.807, 2.05) is 30.3 Å². The number of anilines is 3. The van der Waals surface area contributed by atoms with E-state index in [4.69, 9.17) is 0 Å². The molecule has 0 spiro atoms. The Morgan fingerprint density at radius 1 is 0.897 bits per heavy atom. The monoisotopic (exact) mass is 413 g/mol. The summed E-state index contributed by atoms with van der Waals surface area (Å²) in [7, 11) is -2.14. The van der Waals surface area contributed by atoms with Crippen LogP contribution in [-0.2, 0) is 14.8 Å². The number of amides is 1. The summed E-state index contributed by atoms with van der Waals surface area (Å²) in [5, 5.41) is 2.73. The van der Waals surface area contributed by atoms with E-state index < -0.39 is 15.8 Å². The third kappa shape index (κ3) is 5.32. The lowest BCUT2D eigenvalue weighted by Gasteiger charge is -2.19. The van der Waals surface area contributed by atoms with Crippen molar-refractivity contribution in [3.63, 3.8) is 0 Å². The van der Waals surface area contributed by atoms with Gasteiger partial charge in [-0.3, -0.25) is 9.52 Å². The van der Waals surface area contributed by atoms with Crippen LogP contribution in [0.4, 0.5) is 21.5 Å². The summed E-state index contributed by atoms with van der Waals surface area (Å²) in [6, 6.07) is 20.4. The van der Waals surface area contributed by atoms with Crippen molar-refractivity contribution in [2.45, 2.75) is 4.90 Å². The lowest BCUT2D eigenvalue weighted by Crippen LogP contribution is -2.30. The first-order chi connectivity index (χ1) is 13.8. The predicted octanol–water partition coefficient (Wildman–Crippen LogP) is 3.70. The van der Waals surface area contributed by atoms with Crippen LogP contribution in [0.5, 0.6) is 0 Å². The van der Waals surface area contributed by atoms with Crippen LogP contribution in [0.3, 0.4) is 0 Å². The molecule has 0 aliphatic heterocycles. The number of carbonyl (C=O) groups excluding carboxylic acids is 1. The average Bonchev–Trinajstić information content (AvgIpc) is 2.70. The smallest absolute Gasteiger partial charge is 0.261 e. The highest BCUT2D eigenvalue weighted by Crippen LogP contribution is 2.24. The van der Waals surface area contributed by atoms with Gasteiger partial charge in [-0.1, -0.05) is 30.3 Å². The first-order valence-electron chi connectivity index (χ1n) is 8.78. The van der Waals surface area contributed by atoms with Crippen molar-refractivity contribution in [2.24, 2.45) is 0 Å². The number of halogens is 1. The van der Waals surface area contributed by atoms with Gasteiger partial charge in [0.25, 0.3) is 10.0 Å². The molecule has 3 rings (SSSR count). The number of hydrogen-bond donors (Lipinski definition) is 2. The van der Waals surface area contributed by atoms with Crippen molar-refractivity contribution >= 4 is 33.0 Å². The number of carbonyl (C=O) groups is 1. The Kier molecular flexibility index (Phi) is 6.13. The zero-order chi connectivity index (χ0) is 20.9. The largest absolute Gasteiger partial charge is 0.365 e. The van der Waals surface area contributed by atoms with Crippen molar-refractivity contribution < 1.29 is 17.6 Å². The molecule has 0 saturated heterocycles. The van der Waals surface area contributed by atoms with Crippen LogP contribution in [0.2, 0.25) is 0 Å². The predicted molar refractivity (Wildman–Crippen MR) is 112 cm³/mol. The SMILES string of the molecule is CN(CC(=O)Nc1ccccc1NS(=O)(=O)c1ccc(F)cc1)c1ccccc1. The maximum atomic E-state index is 13.1. The molecule has 0 atom stereocenters. The van der Waals surface area contributed by atoms with Crippen molar-refractivity contribution in [3.05, 3.63) is 84.7 Å². The van der Waals surface area contributed by atoms with E-state index in [1.165, 1.54) is 18.2 Å². The Balaban J connectivity index is 1.73. The molecule has 8 heteroatoms. The molecule has 29 heavy (non-hydrogen) atoms. The van der Waals surface area contributed by atoms with E-state index in [0.29, 0.717) is 5.69 Å². The third-order valence-electron chi connectivity index (χ3n) is 4.15. The van der Waals surface area contributed by atoms with E-state index in [2.05, 4.69) is 10.0 Å². The van der Waals surface area contributed by atoms with Crippen molar-refractivity contribution in [2.75, 3.05) is 28.5 Å². The normalized spacial score (nSPS) is 11.0. The Labute approximate surface area is 169 Å². The molecule has 3 aromatic carbocycles. The van der Waals surface area contributed by atoms with Gasteiger partial charge in [-0.25, -0.2) is 12.8 Å². The fourth-order valence-electron chi connectivity index (χ4n) is 2.68. The first kappa shape index (κ1) is 20.3. The minimum atomic E-state index is -3.93. The highest BCUT2D eigenvalue weighted by Gasteiger charge is 2.17. The summed E-state index contributed by atoms with van der Waals surface area (Å²) < 4.78 is 40.6. The van der Waals surface area contributed by atoms with Gasteiger partial charge in [-0.2, -0.15) is 0 Å². The molecule has 0 fully saturated rings. The lowest BCUT2D eigenvalue weighted by atomic mass is 10.2. The molecule has 0 aliphatic carbocycles. The summed E-state index contributed by atoms with van der Waals surface area (Å²) >= 11 is 0. The topological polar surface area (TPSA) is 78.5 Å². The van der Waals surface area contributed by atoms with Crippen LogP contribution in [0.25, 0.3) is 0 Å². The van der Waals surface area contributed by atoms with E-state index in [-0.39, 0.29) is 23.0 Å². The molecule has 1 amide bonds. The second-order valence-corrected chi connectivity index (χ2v) is 8.03. The van der Waals surface area contributed by atoms with Crippen LogP contribution >= 0.6 is 0 Å². The van der Waals surface area contributed by atoms with Gasteiger partial charge in [0.05, 0.1) is 22.8 Å². The fraction of sp³-hybridized carbons (Fsp3) is 0.0952. The van der Waals surface area contributed by atoms with E-state index >= 15 is 0 Å². The quantitative estimate of drug-likeness (QED) is 0.619. The molecular formula is C21H20FN3O3S. The zero-order valence-electron chi connectivity index (χ0n) is 15.7. The summed E-state index contributed by atoms with van der Waals surface area (Å²) in [5.41, 5.74) is 1.42. The molecule has 2 N–H and O–H groups in total. The summed E-state index contributed by atoms with van der Waals surface area (Å²) in [5.74, 6) is -0.830. The highest BCUT2D eigenvalue weighted by molar-refractivity contribution is 7.92. The van der Waals surface area contributed by atoms with E-state index in [0.717, 1.165) is 17.8 Å². The highest BCUT2D eigenvalue weighted by atomic mass is 32.2. The minimum absolute atomic E-state index is 0.0798. The van der Waals surface area contributed by atoms with Gasteiger partial charge in [0.1, 0.15) is 5.82 Å².